The van der Waals surface area contributed by atoms with Crippen LogP contribution < -0.4 is 5.73 Å². The van der Waals surface area contributed by atoms with E-state index in [1.54, 1.807) is 6.33 Å². The Labute approximate surface area is 285 Å². The maximum atomic E-state index is 4.50. The second kappa shape index (κ2) is 12.1. The van der Waals surface area contributed by atoms with E-state index in [0.717, 1.165) is 17.5 Å². The van der Waals surface area contributed by atoms with Crippen LogP contribution in [0.4, 0.5) is 0 Å². The van der Waals surface area contributed by atoms with Gasteiger partial charge in [-0.05, 0) is 122 Å². The molecule has 0 saturated heterocycles. The molecule has 10 rings (SSSR count). The number of fused-ring (bicyclic) bond motifs is 7. The number of nitrogens with two attached hydrogens (primary N) is 1. The summed E-state index contributed by atoms with van der Waals surface area (Å²) >= 11 is 1.95. The molecular formula is C44H37N3S. The number of hydrogen-bond donors (Lipinski definition) is 2. The van der Waals surface area contributed by atoms with Crippen LogP contribution in [0.3, 0.4) is 0 Å². The van der Waals surface area contributed by atoms with Crippen LogP contribution in [0, 0.1) is 0 Å². The van der Waals surface area contributed by atoms with E-state index in [-0.39, 0.29) is 5.41 Å². The molecule has 4 heteroatoms. The molecule has 48 heavy (non-hydrogen) atoms. The molecule has 1 atom stereocenters. The first-order valence-electron chi connectivity index (χ1n) is 16.8. The number of aromatic amines is 1. The molecule has 0 spiro atoms. The van der Waals surface area contributed by atoms with Crippen molar-refractivity contribution in [3.8, 4) is 22.3 Å². The third-order valence-corrected chi connectivity index (χ3v) is 11.0. The van der Waals surface area contributed by atoms with Crippen molar-refractivity contribution in [2.45, 2.75) is 25.7 Å². The molecule has 3 N–H and O–H groups in total. The Morgan fingerprint density at radius 1 is 0.688 bits per heavy atom. The summed E-state index contributed by atoms with van der Waals surface area (Å²) in [5.74, 6) is 0. The van der Waals surface area contributed by atoms with Crippen molar-refractivity contribution in [2.75, 3.05) is 7.05 Å². The molecule has 0 amide bonds. The van der Waals surface area contributed by atoms with Crippen LogP contribution >= 0.6 is 11.3 Å². The minimum absolute atomic E-state index is 0.253. The molecule has 0 saturated carbocycles. The molecule has 1 unspecified atom stereocenters. The molecule has 8 aromatic rings. The highest BCUT2D eigenvalue weighted by atomic mass is 32.1. The molecular weight excluding hydrogens is 603 g/mol. The number of thiophene rings is 1. The number of imidazole rings is 1. The zero-order chi connectivity index (χ0) is 32.8. The summed E-state index contributed by atoms with van der Waals surface area (Å²) in [6.45, 7) is 4.00. The predicted octanol–water partition coefficient (Wildman–Crippen LogP) is 11.1. The van der Waals surface area contributed by atoms with Gasteiger partial charge in [0.05, 0.1) is 22.8 Å². The van der Waals surface area contributed by atoms with Gasteiger partial charge in [0.25, 0.3) is 0 Å². The van der Waals surface area contributed by atoms with Crippen LogP contribution in [0.1, 0.15) is 46.5 Å². The van der Waals surface area contributed by atoms with Crippen molar-refractivity contribution < 1.29 is 0 Å². The minimum atomic E-state index is -0.253. The largest absolute Gasteiger partial charge is 0.345 e. The summed E-state index contributed by atoms with van der Waals surface area (Å²) in [6.07, 6.45) is 7.34. The van der Waals surface area contributed by atoms with Gasteiger partial charge < -0.3 is 10.7 Å². The highest BCUT2D eigenvalue weighted by Crippen LogP contribution is 2.66. The van der Waals surface area contributed by atoms with Crippen LogP contribution in [0.2, 0.25) is 0 Å². The lowest BCUT2D eigenvalue weighted by Crippen LogP contribution is -2.14. The van der Waals surface area contributed by atoms with E-state index in [0.29, 0.717) is 0 Å². The molecule has 0 radical (unpaired) electrons. The van der Waals surface area contributed by atoms with Crippen molar-refractivity contribution in [3.05, 3.63) is 166 Å². The van der Waals surface area contributed by atoms with Crippen molar-refractivity contribution in [1.82, 2.24) is 9.97 Å². The highest BCUT2D eigenvalue weighted by Gasteiger charge is 2.56. The summed E-state index contributed by atoms with van der Waals surface area (Å²) in [4.78, 5) is 9.27. The van der Waals surface area contributed by atoms with E-state index in [1.165, 1.54) is 82.9 Å². The van der Waals surface area contributed by atoms with Gasteiger partial charge in [0.2, 0.25) is 0 Å². The fourth-order valence-electron chi connectivity index (χ4n) is 7.63. The standard InChI is InChI=1S/C41H26N2S.C2H6.CH5N/c1-2-10-29(11-3-1)41(39-34-14-6-7-16-38(34)44-40(39)41)30-20-27(25-17-18-36-37(23-25)43-24-42-36)19-28(21-30)35-22-26-9-8-15-31(26)32-12-4-5-13-33(32)35;2*1-2/h1-8,10-24H,9H2,(H,42,43);1-2H3;2H2,1H3. The van der Waals surface area contributed by atoms with E-state index < -0.39 is 0 Å². The summed E-state index contributed by atoms with van der Waals surface area (Å²) in [6, 6.07) is 45.2. The van der Waals surface area contributed by atoms with Gasteiger partial charge in [0.1, 0.15) is 0 Å². The van der Waals surface area contributed by atoms with E-state index >= 15 is 0 Å². The molecule has 234 valence electrons. The number of nitrogens with one attached hydrogen (secondary N) is 1. The summed E-state index contributed by atoms with van der Waals surface area (Å²) in [5.41, 5.74) is 18.1. The molecule has 6 aromatic carbocycles. The number of aromatic nitrogens is 2. The SMILES string of the molecule is C1=Cc2c(cc(-c3cc(-c4ccc5nc[nH]c5c4)cc(C4(c5ccccc5)c5sc6ccccc6c54)c3)c3ccccc23)C1.CC.CN. The second-order valence-corrected chi connectivity index (χ2v) is 13.1. The van der Waals surface area contributed by atoms with Gasteiger partial charge in [0, 0.05) is 9.58 Å². The monoisotopic (exact) mass is 639 g/mol. The lowest BCUT2D eigenvalue weighted by Gasteiger charge is -2.22. The molecule has 0 aliphatic heterocycles. The Kier molecular flexibility index (Phi) is 7.55. The van der Waals surface area contributed by atoms with Crippen molar-refractivity contribution in [1.29, 1.82) is 0 Å². The summed E-state index contributed by atoms with van der Waals surface area (Å²) < 4.78 is 1.36. The zero-order valence-electron chi connectivity index (χ0n) is 27.4. The molecule has 2 heterocycles. The molecule has 0 bridgehead atoms. The van der Waals surface area contributed by atoms with Gasteiger partial charge in [-0.2, -0.15) is 0 Å². The van der Waals surface area contributed by atoms with Crippen molar-refractivity contribution >= 4 is 49.3 Å². The number of nitrogens with zero attached hydrogens (tertiary/aromatic N) is 1. The number of H-pyrrole nitrogens is 1. The molecule has 0 fully saturated rings. The van der Waals surface area contributed by atoms with Gasteiger partial charge in [-0.25, -0.2) is 4.98 Å². The summed E-state index contributed by atoms with van der Waals surface area (Å²) in [7, 11) is 1.50. The lowest BCUT2D eigenvalue weighted by atomic mass is 9.81. The maximum Gasteiger partial charge on any atom is 0.0931 e. The van der Waals surface area contributed by atoms with Crippen molar-refractivity contribution in [2.24, 2.45) is 5.73 Å². The maximum absolute atomic E-state index is 4.50. The highest BCUT2D eigenvalue weighted by molar-refractivity contribution is 7.20. The molecule has 3 nitrogen and oxygen atoms in total. The Morgan fingerprint density at radius 3 is 2.25 bits per heavy atom. The van der Waals surface area contributed by atoms with E-state index in [4.69, 9.17) is 0 Å². The first-order valence-corrected chi connectivity index (χ1v) is 17.6. The number of rotatable bonds is 4. The quantitative estimate of drug-likeness (QED) is 0.201. The average Bonchev–Trinajstić information content (AvgIpc) is 3.62. The Bertz CT molecular complexity index is 2480. The van der Waals surface area contributed by atoms with Crippen LogP contribution in [-0.2, 0) is 11.8 Å². The predicted molar refractivity (Wildman–Crippen MR) is 206 cm³/mol. The number of benzene rings is 6. The fraction of sp³-hybridized carbons (Fsp3) is 0.114. The third kappa shape index (κ3) is 4.48. The Hall–Kier alpha value is -5.29. The minimum Gasteiger partial charge on any atom is -0.345 e. The third-order valence-electron chi connectivity index (χ3n) is 9.68. The van der Waals surface area contributed by atoms with Gasteiger partial charge in [-0.15, -0.1) is 11.3 Å². The first kappa shape index (κ1) is 30.1. The zero-order valence-corrected chi connectivity index (χ0v) is 28.2. The van der Waals surface area contributed by atoms with Gasteiger partial charge in [0.15, 0.2) is 0 Å². The molecule has 2 aromatic heterocycles. The van der Waals surface area contributed by atoms with Gasteiger partial charge in [-0.1, -0.05) is 105 Å². The number of hydrogen-bond acceptors (Lipinski definition) is 3. The average molecular weight is 640 g/mol. The number of allylic oxidation sites excluding steroid dienone is 1. The molecule has 2 aliphatic carbocycles. The van der Waals surface area contributed by atoms with Crippen molar-refractivity contribution in [3.63, 3.8) is 0 Å². The topological polar surface area (TPSA) is 54.7 Å². The van der Waals surface area contributed by atoms with Crippen LogP contribution in [-0.4, -0.2) is 17.0 Å². The smallest absolute Gasteiger partial charge is 0.0931 e. The van der Waals surface area contributed by atoms with Gasteiger partial charge >= 0.3 is 0 Å². The Morgan fingerprint density at radius 2 is 1.42 bits per heavy atom. The van der Waals surface area contributed by atoms with Gasteiger partial charge in [-0.3, -0.25) is 0 Å². The van der Waals surface area contributed by atoms with E-state index in [1.807, 2.05) is 25.2 Å². The van der Waals surface area contributed by atoms with Crippen LogP contribution in [0.25, 0.3) is 60.2 Å². The Balaban J connectivity index is 0.000000812. The first-order chi connectivity index (χ1) is 23.8. The van der Waals surface area contributed by atoms with Crippen LogP contribution in [0.5, 0.6) is 0 Å². The van der Waals surface area contributed by atoms with E-state index in [9.17, 15) is 0 Å². The normalized spacial score (nSPS) is 15.4. The lowest BCUT2D eigenvalue weighted by molar-refractivity contribution is 0.926. The molecule has 2 aliphatic rings. The van der Waals surface area contributed by atoms with E-state index in [2.05, 4.69) is 149 Å². The fourth-order valence-corrected chi connectivity index (χ4v) is 9.08. The van der Waals surface area contributed by atoms with Crippen LogP contribution in [0.15, 0.2) is 134 Å². The second-order valence-electron chi connectivity index (χ2n) is 12.0. The summed E-state index contributed by atoms with van der Waals surface area (Å²) in [5, 5.41) is 4.00.